The summed E-state index contributed by atoms with van der Waals surface area (Å²) < 4.78 is 0. The summed E-state index contributed by atoms with van der Waals surface area (Å²) in [7, 11) is 0. The molecule has 2 heteroatoms. The molecule has 0 aromatic rings. The molecule has 0 aliphatic carbocycles. The Hall–Kier alpha value is -0.0800. The second kappa shape index (κ2) is 7.34. The van der Waals surface area contributed by atoms with Gasteiger partial charge in [-0.05, 0) is 44.3 Å². The first-order valence-electron chi connectivity index (χ1n) is 5.47. The van der Waals surface area contributed by atoms with Crippen LogP contribution in [0, 0.1) is 5.41 Å². The summed E-state index contributed by atoms with van der Waals surface area (Å²) in [5, 5.41) is 3.46. The van der Waals surface area contributed by atoms with E-state index < -0.39 is 0 Å². The minimum atomic E-state index is 0.463. The molecule has 0 radical (unpaired) electrons. The van der Waals surface area contributed by atoms with Crippen LogP contribution in [0.25, 0.3) is 0 Å². The minimum absolute atomic E-state index is 0.463. The molecule has 0 rings (SSSR count). The first-order chi connectivity index (χ1) is 6.06. The van der Waals surface area contributed by atoms with Crippen molar-refractivity contribution in [3.63, 3.8) is 0 Å². The first-order valence-corrected chi connectivity index (χ1v) is 5.47. The van der Waals surface area contributed by atoms with Gasteiger partial charge >= 0.3 is 0 Å². The second-order valence-corrected chi connectivity index (χ2v) is 4.91. The van der Waals surface area contributed by atoms with E-state index in [9.17, 15) is 0 Å². The van der Waals surface area contributed by atoms with Crippen molar-refractivity contribution in [3.8, 4) is 0 Å². The average Bonchev–Trinajstić information content (AvgIpc) is 2.01. The van der Waals surface area contributed by atoms with E-state index in [1.807, 2.05) is 0 Å². The Morgan fingerprint density at radius 1 is 1.00 bits per heavy atom. The fraction of sp³-hybridized carbons (Fsp3) is 1.00. The van der Waals surface area contributed by atoms with Gasteiger partial charge in [-0.2, -0.15) is 0 Å². The van der Waals surface area contributed by atoms with Crippen molar-refractivity contribution in [2.75, 3.05) is 19.6 Å². The zero-order valence-electron chi connectivity index (χ0n) is 9.53. The van der Waals surface area contributed by atoms with Crippen LogP contribution in [0.5, 0.6) is 0 Å². The molecule has 80 valence electrons. The highest BCUT2D eigenvalue weighted by Crippen LogP contribution is 2.16. The highest BCUT2D eigenvalue weighted by molar-refractivity contribution is 4.62. The summed E-state index contributed by atoms with van der Waals surface area (Å²) in [6, 6.07) is 0. The zero-order valence-corrected chi connectivity index (χ0v) is 9.53. The SMILES string of the molecule is CC(C)(C)CCNCCCCCN. The highest BCUT2D eigenvalue weighted by atomic mass is 14.8. The molecule has 2 nitrogen and oxygen atoms in total. The van der Waals surface area contributed by atoms with Gasteiger partial charge in [-0.15, -0.1) is 0 Å². The zero-order chi connectivity index (χ0) is 10.2. The minimum Gasteiger partial charge on any atom is -0.330 e. The molecule has 0 aromatic carbocycles. The lowest BCUT2D eigenvalue weighted by Crippen LogP contribution is -2.21. The van der Waals surface area contributed by atoms with Crippen LogP contribution in [-0.2, 0) is 0 Å². The summed E-state index contributed by atoms with van der Waals surface area (Å²) in [5.41, 5.74) is 5.87. The lowest BCUT2D eigenvalue weighted by atomic mass is 9.92. The molecule has 3 N–H and O–H groups in total. The monoisotopic (exact) mass is 186 g/mol. The van der Waals surface area contributed by atoms with E-state index in [2.05, 4.69) is 26.1 Å². The normalized spacial score (nSPS) is 12.0. The number of hydrogen-bond donors (Lipinski definition) is 2. The third kappa shape index (κ3) is 11.9. The number of nitrogens with two attached hydrogens (primary N) is 1. The van der Waals surface area contributed by atoms with Crippen molar-refractivity contribution < 1.29 is 0 Å². The molecule has 0 aliphatic heterocycles. The molecule has 0 fully saturated rings. The molecule has 0 aromatic heterocycles. The van der Waals surface area contributed by atoms with Crippen LogP contribution in [0.1, 0.15) is 46.5 Å². The number of rotatable bonds is 7. The van der Waals surface area contributed by atoms with Crippen LogP contribution in [0.3, 0.4) is 0 Å². The van der Waals surface area contributed by atoms with E-state index in [0.29, 0.717) is 5.41 Å². The van der Waals surface area contributed by atoms with E-state index in [-0.39, 0.29) is 0 Å². The first kappa shape index (κ1) is 12.9. The standard InChI is InChI=1S/C11H26N2/c1-11(2,3)7-10-13-9-6-4-5-8-12/h13H,4-10,12H2,1-3H3. The fourth-order valence-electron chi connectivity index (χ4n) is 1.16. The highest BCUT2D eigenvalue weighted by Gasteiger charge is 2.08. The fourth-order valence-corrected chi connectivity index (χ4v) is 1.16. The lowest BCUT2D eigenvalue weighted by molar-refractivity contribution is 0.366. The second-order valence-electron chi connectivity index (χ2n) is 4.91. The number of nitrogens with one attached hydrogen (secondary N) is 1. The Labute approximate surface area is 83.3 Å². The van der Waals surface area contributed by atoms with Gasteiger partial charge < -0.3 is 11.1 Å². The Morgan fingerprint density at radius 2 is 1.69 bits per heavy atom. The van der Waals surface area contributed by atoms with Gasteiger partial charge in [-0.3, -0.25) is 0 Å². The molecular weight excluding hydrogens is 160 g/mol. The summed E-state index contributed by atoms with van der Waals surface area (Å²) in [5.74, 6) is 0. The third-order valence-electron chi connectivity index (χ3n) is 2.11. The molecule has 0 unspecified atom stereocenters. The van der Waals surface area contributed by atoms with Crippen LogP contribution in [0.2, 0.25) is 0 Å². The topological polar surface area (TPSA) is 38.0 Å². The van der Waals surface area contributed by atoms with Crippen molar-refractivity contribution in [1.29, 1.82) is 0 Å². The van der Waals surface area contributed by atoms with Gasteiger partial charge in [-0.1, -0.05) is 27.2 Å². The molecule has 0 saturated carbocycles. The van der Waals surface area contributed by atoms with Gasteiger partial charge in [0, 0.05) is 0 Å². The predicted octanol–water partition coefficient (Wildman–Crippen LogP) is 2.14. The summed E-state index contributed by atoms with van der Waals surface area (Å²) in [6.07, 6.45) is 4.95. The third-order valence-corrected chi connectivity index (χ3v) is 2.11. The number of unbranched alkanes of at least 4 members (excludes halogenated alkanes) is 2. The lowest BCUT2D eigenvalue weighted by Gasteiger charge is -2.17. The van der Waals surface area contributed by atoms with E-state index in [1.165, 1.54) is 25.7 Å². The Kier molecular flexibility index (Phi) is 7.29. The Balaban J connectivity index is 3.00. The van der Waals surface area contributed by atoms with Crippen LogP contribution < -0.4 is 11.1 Å². The molecule has 0 spiro atoms. The van der Waals surface area contributed by atoms with Gasteiger partial charge in [0.05, 0.1) is 0 Å². The maximum atomic E-state index is 5.41. The van der Waals surface area contributed by atoms with Gasteiger partial charge in [0.25, 0.3) is 0 Å². The molecule has 0 heterocycles. The number of hydrogen-bond acceptors (Lipinski definition) is 2. The van der Waals surface area contributed by atoms with Crippen LogP contribution in [0.4, 0.5) is 0 Å². The largest absolute Gasteiger partial charge is 0.330 e. The smallest absolute Gasteiger partial charge is 0.00439 e. The van der Waals surface area contributed by atoms with E-state index >= 15 is 0 Å². The van der Waals surface area contributed by atoms with Crippen LogP contribution >= 0.6 is 0 Å². The van der Waals surface area contributed by atoms with Gasteiger partial charge in [0.1, 0.15) is 0 Å². The van der Waals surface area contributed by atoms with Gasteiger partial charge in [0.2, 0.25) is 0 Å². The molecule has 0 bridgehead atoms. The van der Waals surface area contributed by atoms with Gasteiger partial charge in [-0.25, -0.2) is 0 Å². The Bertz CT molecular complexity index is 105. The average molecular weight is 186 g/mol. The maximum absolute atomic E-state index is 5.41. The van der Waals surface area contributed by atoms with Crippen molar-refractivity contribution in [2.45, 2.75) is 46.5 Å². The van der Waals surface area contributed by atoms with Crippen molar-refractivity contribution in [3.05, 3.63) is 0 Å². The molecule has 0 saturated heterocycles. The predicted molar refractivity (Wildman–Crippen MR) is 59.8 cm³/mol. The van der Waals surface area contributed by atoms with Crippen molar-refractivity contribution in [1.82, 2.24) is 5.32 Å². The molecular formula is C11H26N2. The molecule has 0 atom stereocenters. The molecule has 0 amide bonds. The summed E-state index contributed by atoms with van der Waals surface area (Å²) in [6.45, 7) is 9.97. The Morgan fingerprint density at radius 3 is 2.23 bits per heavy atom. The summed E-state index contributed by atoms with van der Waals surface area (Å²) >= 11 is 0. The quantitative estimate of drug-likeness (QED) is 0.598. The van der Waals surface area contributed by atoms with Crippen molar-refractivity contribution in [2.24, 2.45) is 11.1 Å². The molecule has 13 heavy (non-hydrogen) atoms. The maximum Gasteiger partial charge on any atom is -0.00439 e. The summed E-state index contributed by atoms with van der Waals surface area (Å²) in [4.78, 5) is 0. The van der Waals surface area contributed by atoms with Gasteiger partial charge in [0.15, 0.2) is 0 Å². The van der Waals surface area contributed by atoms with E-state index in [4.69, 9.17) is 5.73 Å². The van der Waals surface area contributed by atoms with E-state index in [0.717, 1.165) is 19.6 Å². The molecule has 0 aliphatic rings. The van der Waals surface area contributed by atoms with Crippen LogP contribution in [-0.4, -0.2) is 19.6 Å². The van der Waals surface area contributed by atoms with E-state index in [1.54, 1.807) is 0 Å². The van der Waals surface area contributed by atoms with Crippen LogP contribution in [0.15, 0.2) is 0 Å². The van der Waals surface area contributed by atoms with Crippen molar-refractivity contribution >= 4 is 0 Å².